The first-order valence-corrected chi connectivity index (χ1v) is 5.34. The summed E-state index contributed by atoms with van der Waals surface area (Å²) in [6.45, 7) is -1.14. The van der Waals surface area contributed by atoms with E-state index < -0.39 is 39.4 Å². The number of hydrogen-bond donors (Lipinski definition) is 1. The minimum Gasteiger partial charge on any atom is -0.391 e. The fourth-order valence-corrected chi connectivity index (χ4v) is 1.23. The number of halogens is 10. The molecule has 0 aliphatic carbocycles. The van der Waals surface area contributed by atoms with Gasteiger partial charge in [0, 0.05) is 9.66 Å². The van der Waals surface area contributed by atoms with Gasteiger partial charge in [-0.05, 0) is 34.2 Å². The van der Waals surface area contributed by atoms with E-state index in [9.17, 15) is 35.1 Å². The second kappa shape index (κ2) is 5.27. The Hall–Kier alpha value is 0.160. The first-order valence-electron chi connectivity index (χ1n) is 3.89. The highest BCUT2D eigenvalue weighted by atomic mass is 127. The van der Waals surface area contributed by atoms with E-state index in [4.69, 9.17) is 5.11 Å². The van der Waals surface area contributed by atoms with Gasteiger partial charge in [0.1, 0.15) is 0 Å². The SMILES string of the molecule is OC/C(I)=C/C(F)(F)C(F)(F)C(F)(F)C(F)(F)Cl. The topological polar surface area (TPSA) is 20.2 Å². The molecule has 1 N–H and O–H groups in total. The van der Waals surface area contributed by atoms with E-state index >= 15 is 0 Å². The van der Waals surface area contributed by atoms with E-state index in [-0.39, 0.29) is 0 Å². The first kappa shape index (κ1) is 18.2. The molecule has 0 bridgehead atoms. The van der Waals surface area contributed by atoms with Gasteiger partial charge in [0.05, 0.1) is 6.61 Å². The van der Waals surface area contributed by atoms with E-state index in [0.717, 1.165) is 22.6 Å². The molecule has 108 valence electrons. The summed E-state index contributed by atoms with van der Waals surface area (Å²) in [5.74, 6) is -18.5. The van der Waals surface area contributed by atoms with Crippen molar-refractivity contribution in [2.45, 2.75) is 23.1 Å². The highest BCUT2D eigenvalue weighted by molar-refractivity contribution is 14.1. The van der Waals surface area contributed by atoms with Gasteiger partial charge < -0.3 is 5.11 Å². The molecule has 0 radical (unpaired) electrons. The van der Waals surface area contributed by atoms with E-state index in [1.54, 1.807) is 0 Å². The molecule has 1 nitrogen and oxygen atoms in total. The van der Waals surface area contributed by atoms with Crippen LogP contribution in [0.4, 0.5) is 35.1 Å². The summed E-state index contributed by atoms with van der Waals surface area (Å²) < 4.78 is 99.7. The molecule has 0 saturated heterocycles. The minimum absolute atomic E-state index is 0.732. The van der Waals surface area contributed by atoms with Gasteiger partial charge in [-0.2, -0.15) is 35.1 Å². The zero-order valence-corrected chi connectivity index (χ0v) is 10.9. The summed E-state index contributed by atoms with van der Waals surface area (Å²) >= 11 is 4.67. The van der Waals surface area contributed by atoms with Crippen molar-refractivity contribution in [3.8, 4) is 0 Å². The lowest BCUT2D eigenvalue weighted by atomic mass is 10.0. The van der Waals surface area contributed by atoms with Crippen LogP contribution in [0.3, 0.4) is 0 Å². The Morgan fingerprint density at radius 2 is 1.39 bits per heavy atom. The Bertz CT molecular complexity index is 337. The second-order valence-corrected chi connectivity index (χ2v) is 4.88. The lowest BCUT2D eigenvalue weighted by Gasteiger charge is -2.33. The molecule has 0 aromatic rings. The zero-order valence-electron chi connectivity index (χ0n) is 8.01. The predicted molar refractivity (Wildman–Crippen MR) is 54.8 cm³/mol. The normalized spacial score (nSPS) is 16.1. The number of rotatable bonds is 5. The fraction of sp³-hybridized carbons (Fsp3) is 0.714. The third-order valence-electron chi connectivity index (χ3n) is 1.66. The van der Waals surface area contributed by atoms with Crippen molar-refractivity contribution >= 4 is 34.2 Å². The maximum atomic E-state index is 12.9. The molecule has 0 aromatic carbocycles. The molecule has 0 atom stereocenters. The number of alkyl halides is 9. The lowest BCUT2D eigenvalue weighted by Crippen LogP contribution is -2.59. The Kier molecular flexibility index (Phi) is 5.32. The van der Waals surface area contributed by atoms with Crippen LogP contribution in [0, 0.1) is 0 Å². The smallest absolute Gasteiger partial charge is 0.391 e. The van der Waals surface area contributed by atoms with E-state index in [1.165, 1.54) is 0 Å². The molecule has 0 fully saturated rings. The minimum atomic E-state index is -6.48. The Morgan fingerprint density at radius 1 is 1.00 bits per heavy atom. The molecule has 0 rings (SSSR count). The molecular weight excluding hydrogens is 414 g/mol. The monoisotopic (exact) mass is 418 g/mol. The van der Waals surface area contributed by atoms with Crippen LogP contribution >= 0.6 is 34.2 Å². The van der Waals surface area contributed by atoms with Crippen molar-refractivity contribution in [1.29, 1.82) is 0 Å². The molecular formula is C7H4ClF8IO. The molecule has 11 heteroatoms. The van der Waals surface area contributed by atoms with Crippen molar-refractivity contribution in [2.24, 2.45) is 0 Å². The summed E-state index contributed by atoms with van der Waals surface area (Å²) in [5, 5.41) is 2.45. The third kappa shape index (κ3) is 3.18. The zero-order chi connectivity index (χ0) is 15.0. The van der Waals surface area contributed by atoms with Gasteiger partial charge >= 0.3 is 23.1 Å². The summed E-state index contributed by atoms with van der Waals surface area (Å²) in [6, 6.07) is 0. The number of aliphatic hydroxyl groups is 1. The maximum Gasteiger partial charge on any atom is 0.393 e. The van der Waals surface area contributed by atoms with Gasteiger partial charge in [-0.15, -0.1) is 0 Å². The van der Waals surface area contributed by atoms with Gasteiger partial charge in [-0.3, -0.25) is 0 Å². The average Bonchev–Trinajstić information content (AvgIpc) is 2.14. The Labute approximate surface area is 114 Å². The van der Waals surface area contributed by atoms with Crippen LogP contribution in [-0.2, 0) is 0 Å². The highest BCUT2D eigenvalue weighted by Crippen LogP contribution is 2.54. The predicted octanol–water partition coefficient (Wildman–Crippen LogP) is 4.04. The summed E-state index contributed by atoms with van der Waals surface area (Å²) in [4.78, 5) is 0. The first-order chi connectivity index (χ1) is 7.70. The summed E-state index contributed by atoms with van der Waals surface area (Å²) in [7, 11) is 0. The van der Waals surface area contributed by atoms with Gasteiger partial charge in [-0.1, -0.05) is 0 Å². The van der Waals surface area contributed by atoms with Crippen molar-refractivity contribution in [3.63, 3.8) is 0 Å². The van der Waals surface area contributed by atoms with Gasteiger partial charge in [0.2, 0.25) is 0 Å². The van der Waals surface area contributed by atoms with Crippen LogP contribution in [0.25, 0.3) is 0 Å². The highest BCUT2D eigenvalue weighted by Gasteiger charge is 2.79. The van der Waals surface area contributed by atoms with Crippen molar-refractivity contribution < 1.29 is 40.2 Å². The maximum absolute atomic E-state index is 12.9. The van der Waals surface area contributed by atoms with Crippen molar-refractivity contribution in [3.05, 3.63) is 9.66 Å². The number of allylic oxidation sites excluding steroid dienone is 1. The van der Waals surface area contributed by atoms with Gasteiger partial charge in [-0.25, -0.2) is 0 Å². The van der Waals surface area contributed by atoms with Crippen molar-refractivity contribution in [1.82, 2.24) is 0 Å². The molecule has 18 heavy (non-hydrogen) atoms. The molecule has 0 unspecified atom stereocenters. The Balaban J connectivity index is 5.64. The van der Waals surface area contributed by atoms with E-state index in [2.05, 4.69) is 11.6 Å². The van der Waals surface area contributed by atoms with E-state index in [1.807, 2.05) is 0 Å². The van der Waals surface area contributed by atoms with Gasteiger partial charge in [0.15, 0.2) is 0 Å². The summed E-state index contributed by atoms with van der Waals surface area (Å²) in [6.07, 6.45) is -0.732. The van der Waals surface area contributed by atoms with Crippen LogP contribution < -0.4 is 0 Å². The van der Waals surface area contributed by atoms with Crippen LogP contribution in [0.2, 0.25) is 0 Å². The lowest BCUT2D eigenvalue weighted by molar-refractivity contribution is -0.335. The fourth-order valence-electron chi connectivity index (χ4n) is 0.720. The number of aliphatic hydroxyl groups excluding tert-OH is 1. The van der Waals surface area contributed by atoms with Gasteiger partial charge in [0.25, 0.3) is 0 Å². The summed E-state index contributed by atoms with van der Waals surface area (Å²) in [5.41, 5.74) is 0. The molecule has 0 aliphatic rings. The molecule has 0 saturated carbocycles. The van der Waals surface area contributed by atoms with Crippen LogP contribution in [0.1, 0.15) is 0 Å². The second-order valence-electron chi connectivity index (χ2n) is 3.02. The standard InChI is InChI=1S/C7H4ClF8IO/c8-7(15,16)6(13,14)5(11,12)4(9,10)1-3(17)2-18/h1,18H,2H2/b3-1-. The molecule has 0 amide bonds. The average molecular weight is 418 g/mol. The largest absolute Gasteiger partial charge is 0.393 e. The number of hydrogen-bond acceptors (Lipinski definition) is 1. The quantitative estimate of drug-likeness (QED) is 0.406. The molecule has 0 aliphatic heterocycles. The molecule has 0 heterocycles. The van der Waals surface area contributed by atoms with Crippen LogP contribution in [-0.4, -0.2) is 34.9 Å². The Morgan fingerprint density at radius 3 is 1.67 bits per heavy atom. The molecule has 0 aromatic heterocycles. The third-order valence-corrected chi connectivity index (χ3v) is 2.55. The van der Waals surface area contributed by atoms with E-state index in [0.29, 0.717) is 0 Å². The van der Waals surface area contributed by atoms with Crippen LogP contribution in [0.15, 0.2) is 9.66 Å². The van der Waals surface area contributed by atoms with Crippen molar-refractivity contribution in [2.75, 3.05) is 6.61 Å². The van der Waals surface area contributed by atoms with Crippen LogP contribution in [0.5, 0.6) is 0 Å². The molecule has 0 spiro atoms.